The van der Waals surface area contributed by atoms with Crippen LogP contribution in [0.1, 0.15) is 31.6 Å². The lowest BCUT2D eigenvalue weighted by Gasteiger charge is -2.19. The molecular weight excluding hydrogens is 270 g/mol. The fraction of sp³-hybridized carbons (Fsp3) is 0.667. The molecule has 1 aliphatic rings. The van der Waals surface area contributed by atoms with Gasteiger partial charge in [-0.1, -0.05) is 13.8 Å². The minimum atomic E-state index is -3.42. The molecule has 0 radical (unpaired) electrons. The van der Waals surface area contributed by atoms with E-state index in [1.54, 1.807) is 12.1 Å². The monoisotopic (exact) mass is 289 g/mol. The fourth-order valence-electron chi connectivity index (χ4n) is 2.02. The average Bonchev–Trinajstić information content (AvgIpc) is 2.96. The lowest BCUT2D eigenvalue weighted by molar-refractivity contribution is 0.285. The zero-order valence-corrected chi connectivity index (χ0v) is 12.3. The molecule has 0 unspecified atom stereocenters. The lowest BCUT2D eigenvalue weighted by atomic mass is 9.93. The van der Waals surface area contributed by atoms with Crippen LogP contribution in [0.3, 0.4) is 0 Å². The number of rotatable bonds is 6. The molecule has 1 fully saturated rings. The summed E-state index contributed by atoms with van der Waals surface area (Å²) in [4.78, 5) is 0.667. The fourth-order valence-corrected chi connectivity index (χ4v) is 4.42. The molecule has 1 aromatic heterocycles. The standard InChI is InChI=1S/C12H19NO3S2/c1-9(2)12(5-6-12)8-13-18(15,16)11-4-3-10(7-14)17-11/h3-4,9,13-14H,5-8H2,1-2H3. The first-order chi connectivity index (χ1) is 8.39. The van der Waals surface area contributed by atoms with Gasteiger partial charge in [0.25, 0.3) is 0 Å². The van der Waals surface area contributed by atoms with E-state index in [2.05, 4.69) is 18.6 Å². The molecule has 102 valence electrons. The van der Waals surface area contributed by atoms with Gasteiger partial charge in [0.2, 0.25) is 10.0 Å². The first-order valence-corrected chi connectivity index (χ1v) is 8.39. The average molecular weight is 289 g/mol. The molecule has 2 N–H and O–H groups in total. The summed E-state index contributed by atoms with van der Waals surface area (Å²) in [7, 11) is -3.42. The van der Waals surface area contributed by atoms with Gasteiger partial charge in [-0.3, -0.25) is 0 Å². The summed E-state index contributed by atoms with van der Waals surface area (Å²) in [6.07, 6.45) is 2.19. The number of sulfonamides is 1. The van der Waals surface area contributed by atoms with E-state index in [1.807, 2.05) is 0 Å². The van der Waals surface area contributed by atoms with Crippen LogP contribution in [0, 0.1) is 11.3 Å². The largest absolute Gasteiger partial charge is 0.391 e. The van der Waals surface area contributed by atoms with Crippen LogP contribution in [-0.4, -0.2) is 20.1 Å². The van der Waals surface area contributed by atoms with Crippen LogP contribution in [0.4, 0.5) is 0 Å². The van der Waals surface area contributed by atoms with Gasteiger partial charge in [0.05, 0.1) is 6.61 Å². The van der Waals surface area contributed by atoms with Crippen LogP contribution >= 0.6 is 11.3 Å². The van der Waals surface area contributed by atoms with Crippen molar-refractivity contribution in [3.05, 3.63) is 17.0 Å². The van der Waals surface area contributed by atoms with E-state index in [0.717, 1.165) is 24.2 Å². The van der Waals surface area contributed by atoms with Crippen molar-refractivity contribution in [1.29, 1.82) is 0 Å². The first-order valence-electron chi connectivity index (χ1n) is 6.09. The van der Waals surface area contributed by atoms with Gasteiger partial charge in [-0.25, -0.2) is 13.1 Å². The van der Waals surface area contributed by atoms with Crippen molar-refractivity contribution in [2.75, 3.05) is 6.54 Å². The highest BCUT2D eigenvalue weighted by Gasteiger charge is 2.45. The number of hydrogen-bond donors (Lipinski definition) is 2. The van der Waals surface area contributed by atoms with Crippen molar-refractivity contribution in [2.45, 2.75) is 37.5 Å². The highest BCUT2D eigenvalue weighted by molar-refractivity contribution is 7.91. The normalized spacial score (nSPS) is 18.2. The molecule has 0 atom stereocenters. The van der Waals surface area contributed by atoms with Gasteiger partial charge < -0.3 is 5.11 Å². The maximum Gasteiger partial charge on any atom is 0.250 e. The second-order valence-corrected chi connectivity index (χ2v) is 8.38. The summed E-state index contributed by atoms with van der Waals surface area (Å²) in [5.41, 5.74) is 0.157. The Morgan fingerprint density at radius 3 is 2.56 bits per heavy atom. The molecule has 4 nitrogen and oxygen atoms in total. The highest BCUT2D eigenvalue weighted by atomic mass is 32.2. The Kier molecular flexibility index (Phi) is 3.82. The number of hydrogen-bond acceptors (Lipinski definition) is 4. The van der Waals surface area contributed by atoms with E-state index in [4.69, 9.17) is 5.11 Å². The zero-order valence-electron chi connectivity index (χ0n) is 10.6. The van der Waals surface area contributed by atoms with Crippen LogP contribution in [0.15, 0.2) is 16.3 Å². The third-order valence-electron chi connectivity index (χ3n) is 3.79. The zero-order chi connectivity index (χ0) is 13.4. The van der Waals surface area contributed by atoms with Gasteiger partial charge in [-0.2, -0.15) is 0 Å². The smallest absolute Gasteiger partial charge is 0.250 e. The Labute approximate surface area is 112 Å². The summed E-state index contributed by atoms with van der Waals surface area (Å²) in [6.45, 7) is 4.67. The molecule has 0 bridgehead atoms. The molecule has 18 heavy (non-hydrogen) atoms. The SMILES string of the molecule is CC(C)C1(CNS(=O)(=O)c2ccc(CO)s2)CC1. The van der Waals surface area contributed by atoms with Gasteiger partial charge in [-0.05, 0) is 36.3 Å². The Morgan fingerprint density at radius 2 is 2.11 bits per heavy atom. The highest BCUT2D eigenvalue weighted by Crippen LogP contribution is 2.51. The minimum Gasteiger partial charge on any atom is -0.391 e. The Balaban J connectivity index is 2.04. The molecule has 2 rings (SSSR count). The van der Waals surface area contributed by atoms with Crippen LogP contribution < -0.4 is 4.72 Å². The van der Waals surface area contributed by atoms with E-state index in [0.29, 0.717) is 17.3 Å². The summed E-state index contributed by atoms with van der Waals surface area (Å²) >= 11 is 1.12. The van der Waals surface area contributed by atoms with Crippen molar-refractivity contribution >= 4 is 21.4 Å². The molecule has 0 saturated heterocycles. The number of thiophene rings is 1. The molecule has 0 aromatic carbocycles. The van der Waals surface area contributed by atoms with E-state index < -0.39 is 10.0 Å². The predicted molar refractivity (Wildman–Crippen MR) is 71.9 cm³/mol. The van der Waals surface area contributed by atoms with Crippen molar-refractivity contribution in [3.8, 4) is 0 Å². The van der Waals surface area contributed by atoms with Crippen LogP contribution in [0.25, 0.3) is 0 Å². The lowest BCUT2D eigenvalue weighted by Crippen LogP contribution is -2.32. The molecular formula is C12H19NO3S2. The summed E-state index contributed by atoms with van der Waals surface area (Å²) in [5.74, 6) is 0.497. The van der Waals surface area contributed by atoms with Gasteiger partial charge in [0.15, 0.2) is 0 Å². The number of nitrogens with one attached hydrogen (secondary N) is 1. The Bertz CT molecular complexity index is 515. The van der Waals surface area contributed by atoms with Gasteiger partial charge in [0.1, 0.15) is 4.21 Å². The minimum absolute atomic E-state index is 0.115. The number of aliphatic hydroxyl groups is 1. The third kappa shape index (κ3) is 2.77. The van der Waals surface area contributed by atoms with E-state index >= 15 is 0 Å². The first kappa shape index (κ1) is 14.0. The van der Waals surface area contributed by atoms with Gasteiger partial charge in [-0.15, -0.1) is 11.3 Å². The molecule has 6 heteroatoms. The molecule has 0 amide bonds. The summed E-state index contributed by atoms with van der Waals surface area (Å²) in [6, 6.07) is 3.20. The van der Waals surface area contributed by atoms with Crippen LogP contribution in [0.2, 0.25) is 0 Å². The van der Waals surface area contributed by atoms with Crippen LogP contribution in [0.5, 0.6) is 0 Å². The molecule has 1 saturated carbocycles. The third-order valence-corrected chi connectivity index (χ3v) is 6.75. The Hall–Kier alpha value is -0.430. The summed E-state index contributed by atoms with van der Waals surface area (Å²) < 4.78 is 27.1. The second-order valence-electron chi connectivity index (χ2n) is 5.22. The van der Waals surface area contributed by atoms with E-state index in [1.165, 1.54) is 0 Å². The predicted octanol–water partition coefficient (Wildman–Crippen LogP) is 1.95. The molecule has 0 spiro atoms. The maximum absolute atomic E-state index is 12.1. The topological polar surface area (TPSA) is 66.4 Å². The van der Waals surface area contributed by atoms with Gasteiger partial charge >= 0.3 is 0 Å². The Morgan fingerprint density at radius 1 is 1.44 bits per heavy atom. The quantitative estimate of drug-likeness (QED) is 0.841. The molecule has 1 aliphatic carbocycles. The number of aliphatic hydroxyl groups excluding tert-OH is 1. The molecule has 1 aromatic rings. The van der Waals surface area contributed by atoms with Crippen molar-refractivity contribution in [1.82, 2.24) is 4.72 Å². The molecule has 1 heterocycles. The van der Waals surface area contributed by atoms with Crippen LogP contribution in [-0.2, 0) is 16.6 Å². The molecule has 0 aliphatic heterocycles. The van der Waals surface area contributed by atoms with Crippen molar-refractivity contribution in [2.24, 2.45) is 11.3 Å². The summed E-state index contributed by atoms with van der Waals surface area (Å²) in [5, 5.41) is 8.95. The van der Waals surface area contributed by atoms with E-state index in [-0.39, 0.29) is 16.2 Å². The maximum atomic E-state index is 12.1. The van der Waals surface area contributed by atoms with Gasteiger partial charge in [0, 0.05) is 11.4 Å². The van der Waals surface area contributed by atoms with Crippen molar-refractivity contribution < 1.29 is 13.5 Å². The van der Waals surface area contributed by atoms with Crippen molar-refractivity contribution in [3.63, 3.8) is 0 Å². The van der Waals surface area contributed by atoms with E-state index in [9.17, 15) is 8.42 Å². The second kappa shape index (κ2) is 4.92.